The van der Waals surface area contributed by atoms with E-state index in [-0.39, 0.29) is 29.6 Å². The molecule has 1 saturated heterocycles. The molecule has 3 aliphatic rings. The predicted molar refractivity (Wildman–Crippen MR) is 106 cm³/mol. The van der Waals surface area contributed by atoms with Crippen molar-refractivity contribution in [3.8, 4) is 5.75 Å². The van der Waals surface area contributed by atoms with Crippen LogP contribution in [-0.4, -0.2) is 17.8 Å². The summed E-state index contributed by atoms with van der Waals surface area (Å²) in [4.78, 5) is 39.0. The maximum absolute atomic E-state index is 12.9. The Morgan fingerprint density at radius 3 is 2.18 bits per heavy atom. The van der Waals surface area contributed by atoms with E-state index in [0.717, 1.165) is 38.5 Å². The number of carbonyl (C=O) groups is 3. The summed E-state index contributed by atoms with van der Waals surface area (Å²) in [6, 6.07) is 6.77. The molecule has 28 heavy (non-hydrogen) atoms. The van der Waals surface area contributed by atoms with E-state index in [1.54, 1.807) is 24.3 Å². The van der Waals surface area contributed by atoms with Crippen LogP contribution < -0.4 is 9.64 Å². The number of carbonyl (C=O) groups excluding carboxylic acids is 3. The molecule has 4 rings (SSSR count). The van der Waals surface area contributed by atoms with Crippen molar-refractivity contribution in [1.29, 1.82) is 0 Å². The first-order chi connectivity index (χ1) is 13.6. The van der Waals surface area contributed by atoms with Gasteiger partial charge in [-0.15, -0.1) is 0 Å². The van der Waals surface area contributed by atoms with Gasteiger partial charge in [-0.2, -0.15) is 0 Å². The summed E-state index contributed by atoms with van der Waals surface area (Å²) in [7, 11) is 0. The molecule has 5 nitrogen and oxygen atoms in total. The molecule has 150 valence electrons. The average Bonchev–Trinajstić information content (AvgIpc) is 3.36. The van der Waals surface area contributed by atoms with Crippen molar-refractivity contribution in [2.45, 2.75) is 64.7 Å². The molecule has 3 fully saturated rings. The lowest BCUT2D eigenvalue weighted by Crippen LogP contribution is -2.32. The summed E-state index contributed by atoms with van der Waals surface area (Å²) in [5.41, 5.74) is 0.586. The van der Waals surface area contributed by atoms with Crippen LogP contribution in [0.1, 0.15) is 64.7 Å². The molecule has 0 radical (unpaired) electrons. The van der Waals surface area contributed by atoms with Gasteiger partial charge in [0.15, 0.2) is 0 Å². The van der Waals surface area contributed by atoms with Crippen LogP contribution in [0.3, 0.4) is 0 Å². The van der Waals surface area contributed by atoms with Crippen LogP contribution in [0.4, 0.5) is 5.69 Å². The number of unbranched alkanes of at least 4 members (excludes halogenated alkanes) is 4. The van der Waals surface area contributed by atoms with Crippen LogP contribution in [0.5, 0.6) is 5.75 Å². The van der Waals surface area contributed by atoms with Crippen molar-refractivity contribution in [3.63, 3.8) is 0 Å². The Morgan fingerprint density at radius 2 is 1.57 bits per heavy atom. The standard InChI is InChI=1S/C23H29NO4/c1-2-3-4-5-6-7-19(25)28-18-12-10-17(11-13-18)24-22(26)20-15-8-9-16(14-15)21(20)23(24)27/h10-13,15-16,20-21H,2-9,14H2,1H3/t15-,16-,20-,21-/m0/s1. The van der Waals surface area contributed by atoms with E-state index in [9.17, 15) is 14.4 Å². The normalized spacial score (nSPS) is 28.1. The van der Waals surface area contributed by atoms with Crippen molar-refractivity contribution < 1.29 is 19.1 Å². The van der Waals surface area contributed by atoms with Crippen molar-refractivity contribution in [2.24, 2.45) is 23.7 Å². The SMILES string of the molecule is CCCCCCCC(=O)Oc1ccc(N2C(=O)[C@H]3[C@H]4CC[C@@H](C4)[C@@H]3C2=O)cc1. The molecule has 1 aromatic carbocycles. The van der Waals surface area contributed by atoms with E-state index in [1.165, 1.54) is 17.7 Å². The highest BCUT2D eigenvalue weighted by molar-refractivity contribution is 6.22. The van der Waals surface area contributed by atoms with Crippen LogP contribution in [-0.2, 0) is 14.4 Å². The van der Waals surface area contributed by atoms with Crippen LogP contribution in [0.15, 0.2) is 24.3 Å². The molecule has 2 saturated carbocycles. The van der Waals surface area contributed by atoms with Gasteiger partial charge in [-0.05, 0) is 61.8 Å². The van der Waals surface area contributed by atoms with Gasteiger partial charge < -0.3 is 4.74 Å². The molecular formula is C23H29NO4. The quantitative estimate of drug-likeness (QED) is 0.287. The maximum Gasteiger partial charge on any atom is 0.311 e. The monoisotopic (exact) mass is 383 g/mol. The number of ether oxygens (including phenoxy) is 1. The van der Waals surface area contributed by atoms with Gasteiger partial charge in [-0.1, -0.05) is 32.6 Å². The Labute approximate surface area is 166 Å². The van der Waals surface area contributed by atoms with E-state index in [4.69, 9.17) is 4.74 Å². The van der Waals surface area contributed by atoms with Crippen LogP contribution in [0, 0.1) is 23.7 Å². The smallest absolute Gasteiger partial charge is 0.311 e. The number of anilines is 1. The third kappa shape index (κ3) is 3.47. The second-order valence-electron chi connectivity index (χ2n) is 8.53. The molecule has 4 atom stereocenters. The van der Waals surface area contributed by atoms with E-state index in [0.29, 0.717) is 29.7 Å². The first-order valence-corrected chi connectivity index (χ1v) is 10.8. The molecule has 1 aliphatic heterocycles. The third-order valence-electron chi connectivity index (χ3n) is 6.74. The fourth-order valence-electron chi connectivity index (χ4n) is 5.38. The van der Waals surface area contributed by atoms with E-state index < -0.39 is 0 Å². The Morgan fingerprint density at radius 1 is 0.964 bits per heavy atom. The molecule has 1 heterocycles. The number of hydrogen-bond acceptors (Lipinski definition) is 4. The van der Waals surface area contributed by atoms with Gasteiger partial charge in [-0.25, -0.2) is 0 Å². The summed E-state index contributed by atoms with van der Waals surface area (Å²) >= 11 is 0. The first-order valence-electron chi connectivity index (χ1n) is 10.8. The second-order valence-corrected chi connectivity index (χ2v) is 8.53. The van der Waals surface area contributed by atoms with Gasteiger partial charge in [0.2, 0.25) is 11.8 Å². The number of esters is 1. The number of hydrogen-bond donors (Lipinski definition) is 0. The molecule has 1 aromatic rings. The number of imide groups is 1. The zero-order chi connectivity index (χ0) is 19.7. The van der Waals surface area contributed by atoms with Crippen LogP contribution >= 0.6 is 0 Å². The number of fused-ring (bicyclic) bond motifs is 5. The van der Waals surface area contributed by atoms with Gasteiger partial charge in [0.25, 0.3) is 0 Å². The Kier molecular flexibility index (Phi) is 5.51. The lowest BCUT2D eigenvalue weighted by molar-refractivity contribution is -0.134. The molecule has 0 spiro atoms. The highest BCUT2D eigenvalue weighted by Gasteiger charge is 2.61. The lowest BCUT2D eigenvalue weighted by atomic mass is 9.81. The van der Waals surface area contributed by atoms with Crippen LogP contribution in [0.2, 0.25) is 0 Å². The zero-order valence-electron chi connectivity index (χ0n) is 16.6. The van der Waals surface area contributed by atoms with E-state index in [1.807, 2.05) is 0 Å². The van der Waals surface area contributed by atoms with Crippen molar-refractivity contribution >= 4 is 23.5 Å². The van der Waals surface area contributed by atoms with Gasteiger partial charge in [0, 0.05) is 6.42 Å². The summed E-state index contributed by atoms with van der Waals surface area (Å²) in [6.07, 6.45) is 9.03. The topological polar surface area (TPSA) is 63.7 Å². The summed E-state index contributed by atoms with van der Waals surface area (Å²) < 4.78 is 5.38. The fraction of sp³-hybridized carbons (Fsp3) is 0.609. The van der Waals surface area contributed by atoms with Crippen molar-refractivity contribution in [3.05, 3.63) is 24.3 Å². The maximum atomic E-state index is 12.9. The van der Waals surface area contributed by atoms with Crippen molar-refractivity contribution in [1.82, 2.24) is 0 Å². The van der Waals surface area contributed by atoms with E-state index in [2.05, 4.69) is 6.92 Å². The fourth-order valence-corrected chi connectivity index (χ4v) is 5.38. The minimum Gasteiger partial charge on any atom is -0.427 e. The minimum atomic E-state index is -0.233. The number of rotatable bonds is 8. The number of benzene rings is 1. The zero-order valence-corrected chi connectivity index (χ0v) is 16.6. The summed E-state index contributed by atoms with van der Waals surface area (Å²) in [6.45, 7) is 2.16. The molecular weight excluding hydrogens is 354 g/mol. The van der Waals surface area contributed by atoms with Gasteiger partial charge >= 0.3 is 5.97 Å². The first kappa shape index (κ1) is 19.2. The van der Waals surface area contributed by atoms with Crippen molar-refractivity contribution in [2.75, 3.05) is 4.90 Å². The minimum absolute atomic E-state index is 0.0426. The molecule has 0 aromatic heterocycles. The third-order valence-corrected chi connectivity index (χ3v) is 6.74. The van der Waals surface area contributed by atoms with E-state index >= 15 is 0 Å². The molecule has 5 heteroatoms. The highest BCUT2D eigenvalue weighted by atomic mass is 16.5. The number of nitrogens with zero attached hydrogens (tertiary/aromatic N) is 1. The highest BCUT2D eigenvalue weighted by Crippen LogP contribution is 2.56. The lowest BCUT2D eigenvalue weighted by Gasteiger charge is -2.19. The molecule has 2 aliphatic carbocycles. The van der Waals surface area contributed by atoms with Gasteiger partial charge in [-0.3, -0.25) is 19.3 Å². The summed E-state index contributed by atoms with van der Waals surface area (Å²) in [5.74, 6) is 0.680. The molecule has 0 N–H and O–H groups in total. The van der Waals surface area contributed by atoms with Gasteiger partial charge in [0.05, 0.1) is 17.5 Å². The van der Waals surface area contributed by atoms with Crippen LogP contribution in [0.25, 0.3) is 0 Å². The summed E-state index contributed by atoms with van der Waals surface area (Å²) in [5, 5.41) is 0. The van der Waals surface area contributed by atoms with Gasteiger partial charge in [0.1, 0.15) is 5.75 Å². The average molecular weight is 383 g/mol. The molecule has 2 amide bonds. The predicted octanol–water partition coefficient (Wildman–Crippen LogP) is 4.49. The molecule has 0 unspecified atom stereocenters. The largest absolute Gasteiger partial charge is 0.427 e. The Hall–Kier alpha value is -2.17. The Balaban J connectivity index is 1.34. The number of amides is 2. The Bertz CT molecular complexity index is 728. The molecule has 2 bridgehead atoms. The second kappa shape index (κ2) is 8.06.